The number of hydrogen-bond acceptors (Lipinski definition) is 6. The van der Waals surface area contributed by atoms with Crippen LogP contribution in [0.3, 0.4) is 0 Å². The molecule has 0 aromatic carbocycles. The molecule has 0 spiro atoms. The number of rotatable bonds is 7. The molecular formula is C11H20N4OS. The molecule has 5 nitrogen and oxygen atoms in total. The number of thioether (sulfide) groups is 1. The molecule has 6 heteroatoms. The molecule has 1 aromatic heterocycles. The third kappa shape index (κ3) is 4.49. The van der Waals surface area contributed by atoms with Gasteiger partial charge in [-0.2, -0.15) is 11.8 Å². The Hall–Kier alpha value is -0.850. The van der Waals surface area contributed by atoms with Gasteiger partial charge in [-0.15, -0.1) is 0 Å². The van der Waals surface area contributed by atoms with E-state index < -0.39 is 0 Å². The van der Waals surface area contributed by atoms with Crippen LogP contribution in [-0.2, 0) is 0 Å². The van der Waals surface area contributed by atoms with Crippen LogP contribution in [0.2, 0.25) is 0 Å². The summed E-state index contributed by atoms with van der Waals surface area (Å²) >= 11 is 1.84. The molecule has 0 saturated carbocycles. The Morgan fingerprint density at radius 2 is 2.06 bits per heavy atom. The Labute approximate surface area is 107 Å². The lowest BCUT2D eigenvalue weighted by Crippen LogP contribution is -2.31. The number of ether oxygens (including phenoxy) is 1. The van der Waals surface area contributed by atoms with E-state index in [9.17, 15) is 0 Å². The summed E-state index contributed by atoms with van der Waals surface area (Å²) < 4.78 is 5.18. The summed E-state index contributed by atoms with van der Waals surface area (Å²) in [6.07, 6.45) is 3.26. The zero-order chi connectivity index (χ0) is 12.7. The van der Waals surface area contributed by atoms with E-state index in [0.717, 1.165) is 17.2 Å². The van der Waals surface area contributed by atoms with Crippen molar-refractivity contribution in [3.05, 3.63) is 18.1 Å². The molecule has 0 bridgehead atoms. The van der Waals surface area contributed by atoms with Gasteiger partial charge in [0.05, 0.1) is 13.2 Å². The van der Waals surface area contributed by atoms with E-state index >= 15 is 0 Å². The van der Waals surface area contributed by atoms with Crippen LogP contribution in [0.15, 0.2) is 12.4 Å². The Morgan fingerprint density at radius 1 is 1.35 bits per heavy atom. The smallest absolute Gasteiger partial charge is 0.237 e. The fourth-order valence-corrected chi connectivity index (χ4v) is 2.46. The minimum atomic E-state index is -0.0394. The largest absolute Gasteiger partial charge is 0.480 e. The first-order valence-electron chi connectivity index (χ1n) is 5.57. The van der Waals surface area contributed by atoms with Crippen LogP contribution in [0, 0.1) is 5.92 Å². The summed E-state index contributed by atoms with van der Waals surface area (Å²) in [6.45, 7) is 4.39. The minimum absolute atomic E-state index is 0.0394. The van der Waals surface area contributed by atoms with E-state index in [1.54, 1.807) is 19.5 Å². The van der Waals surface area contributed by atoms with Crippen molar-refractivity contribution in [2.45, 2.75) is 19.9 Å². The van der Waals surface area contributed by atoms with Crippen molar-refractivity contribution in [1.82, 2.24) is 15.4 Å². The summed E-state index contributed by atoms with van der Waals surface area (Å²) in [4.78, 5) is 8.39. The number of hydrazine groups is 1. The van der Waals surface area contributed by atoms with E-state index in [1.807, 2.05) is 11.8 Å². The maximum absolute atomic E-state index is 5.56. The van der Waals surface area contributed by atoms with Crippen molar-refractivity contribution in [3.63, 3.8) is 0 Å². The topological polar surface area (TPSA) is 73.1 Å². The zero-order valence-corrected chi connectivity index (χ0v) is 11.3. The summed E-state index contributed by atoms with van der Waals surface area (Å²) in [6, 6.07) is -0.0394. The average Bonchev–Trinajstić information content (AvgIpc) is 2.34. The number of nitrogens with one attached hydrogen (secondary N) is 1. The monoisotopic (exact) mass is 256 g/mol. The number of aromatic nitrogens is 2. The second-order valence-corrected chi connectivity index (χ2v) is 5.18. The van der Waals surface area contributed by atoms with Crippen molar-refractivity contribution in [1.29, 1.82) is 0 Å². The van der Waals surface area contributed by atoms with Gasteiger partial charge in [-0.3, -0.25) is 16.3 Å². The molecule has 1 unspecified atom stereocenters. The predicted octanol–water partition coefficient (Wildman–Crippen LogP) is 1.38. The highest BCUT2D eigenvalue weighted by atomic mass is 32.2. The fraction of sp³-hybridized carbons (Fsp3) is 0.636. The molecule has 0 radical (unpaired) electrons. The lowest BCUT2D eigenvalue weighted by molar-refractivity contribution is 0.381. The molecule has 1 heterocycles. The van der Waals surface area contributed by atoms with Gasteiger partial charge in [0, 0.05) is 18.1 Å². The van der Waals surface area contributed by atoms with E-state index in [2.05, 4.69) is 29.2 Å². The van der Waals surface area contributed by atoms with Crippen LogP contribution in [0.4, 0.5) is 0 Å². The molecule has 1 atom stereocenters. The van der Waals surface area contributed by atoms with Gasteiger partial charge in [-0.1, -0.05) is 13.8 Å². The number of methoxy groups -OCH3 is 1. The van der Waals surface area contributed by atoms with Gasteiger partial charge in [-0.25, -0.2) is 4.98 Å². The maximum Gasteiger partial charge on any atom is 0.237 e. The summed E-state index contributed by atoms with van der Waals surface area (Å²) in [5, 5.41) is 0. The average molecular weight is 256 g/mol. The van der Waals surface area contributed by atoms with Crippen LogP contribution < -0.4 is 16.0 Å². The van der Waals surface area contributed by atoms with Crippen LogP contribution in [0.1, 0.15) is 25.6 Å². The number of hydrogen-bond donors (Lipinski definition) is 2. The van der Waals surface area contributed by atoms with Crippen LogP contribution in [0.25, 0.3) is 0 Å². The van der Waals surface area contributed by atoms with Gasteiger partial charge in [0.2, 0.25) is 5.88 Å². The van der Waals surface area contributed by atoms with Gasteiger partial charge in [0.25, 0.3) is 0 Å². The molecule has 1 rings (SSSR count). The lowest BCUT2D eigenvalue weighted by atomic mass is 10.2. The van der Waals surface area contributed by atoms with Crippen molar-refractivity contribution in [3.8, 4) is 5.88 Å². The van der Waals surface area contributed by atoms with Crippen LogP contribution in [0.5, 0.6) is 5.88 Å². The molecule has 0 saturated heterocycles. The summed E-state index contributed by atoms with van der Waals surface area (Å²) in [5.74, 6) is 8.70. The molecule has 0 fully saturated rings. The highest BCUT2D eigenvalue weighted by molar-refractivity contribution is 7.99. The normalized spacial score (nSPS) is 12.8. The number of nitrogens with zero attached hydrogens (tertiary/aromatic N) is 2. The minimum Gasteiger partial charge on any atom is -0.480 e. The van der Waals surface area contributed by atoms with Gasteiger partial charge in [0.1, 0.15) is 5.69 Å². The first-order valence-corrected chi connectivity index (χ1v) is 6.73. The highest BCUT2D eigenvalue weighted by Gasteiger charge is 2.17. The van der Waals surface area contributed by atoms with E-state index in [4.69, 9.17) is 10.6 Å². The van der Waals surface area contributed by atoms with Crippen molar-refractivity contribution in [2.24, 2.45) is 11.8 Å². The standard InChI is InChI=1S/C11H20N4OS/c1-8(2)6-17-7-9(15-12)10-11(16-3)14-5-4-13-10/h4-5,8-9,15H,6-7,12H2,1-3H3. The lowest BCUT2D eigenvalue weighted by Gasteiger charge is -2.17. The first-order chi connectivity index (χ1) is 8.19. The van der Waals surface area contributed by atoms with Gasteiger partial charge in [-0.05, 0) is 11.7 Å². The first kappa shape index (κ1) is 14.2. The zero-order valence-electron chi connectivity index (χ0n) is 10.5. The molecule has 0 amide bonds. The Bertz CT molecular complexity index is 335. The Kier molecular flexibility index (Phi) is 6.25. The highest BCUT2D eigenvalue weighted by Crippen LogP contribution is 2.23. The molecule has 0 aliphatic heterocycles. The van der Waals surface area contributed by atoms with Crippen LogP contribution in [-0.4, -0.2) is 28.6 Å². The summed E-state index contributed by atoms with van der Waals surface area (Å²) in [5.41, 5.74) is 3.52. The molecule has 17 heavy (non-hydrogen) atoms. The quantitative estimate of drug-likeness (QED) is 0.567. The number of nitrogens with two attached hydrogens (primary N) is 1. The molecule has 1 aromatic rings. The summed E-state index contributed by atoms with van der Waals surface area (Å²) in [7, 11) is 1.59. The predicted molar refractivity (Wildman–Crippen MR) is 70.8 cm³/mol. The molecular weight excluding hydrogens is 236 g/mol. The van der Waals surface area contributed by atoms with E-state index in [0.29, 0.717) is 11.8 Å². The van der Waals surface area contributed by atoms with E-state index in [-0.39, 0.29) is 6.04 Å². The molecule has 0 aliphatic rings. The van der Waals surface area contributed by atoms with Crippen LogP contribution >= 0.6 is 11.8 Å². The van der Waals surface area contributed by atoms with Crippen molar-refractivity contribution < 1.29 is 4.74 Å². The van der Waals surface area contributed by atoms with Crippen molar-refractivity contribution >= 4 is 11.8 Å². The van der Waals surface area contributed by atoms with Crippen molar-refractivity contribution in [2.75, 3.05) is 18.6 Å². The third-order valence-corrected chi connectivity index (χ3v) is 3.62. The Morgan fingerprint density at radius 3 is 2.65 bits per heavy atom. The second-order valence-electron chi connectivity index (χ2n) is 4.10. The molecule has 3 N–H and O–H groups in total. The van der Waals surface area contributed by atoms with Gasteiger partial charge < -0.3 is 4.74 Å². The van der Waals surface area contributed by atoms with E-state index in [1.165, 1.54) is 0 Å². The van der Waals surface area contributed by atoms with Gasteiger partial charge in [0.15, 0.2) is 0 Å². The Balaban J connectivity index is 2.65. The fourth-order valence-electron chi connectivity index (χ4n) is 1.36. The second kappa shape index (κ2) is 7.47. The third-order valence-electron chi connectivity index (χ3n) is 2.15. The van der Waals surface area contributed by atoms with Gasteiger partial charge >= 0.3 is 0 Å². The molecule has 96 valence electrons. The maximum atomic E-state index is 5.56. The molecule has 0 aliphatic carbocycles. The SMILES string of the molecule is COc1nccnc1C(CSCC(C)C)NN.